The van der Waals surface area contributed by atoms with Gasteiger partial charge in [-0.1, -0.05) is 26.7 Å². The van der Waals surface area contributed by atoms with Gasteiger partial charge in [0.1, 0.15) is 5.82 Å². The standard InChI is InChI=1S/C17H27N3O/c1-3-9-18-16-15(8-5-10-19-16)17(21)20-12-14-7-4-6-13(2)11-14/h5,8,10,13-14H,3-4,6-7,9,11-12H2,1-2H3,(H,18,19)(H,20,21). The summed E-state index contributed by atoms with van der Waals surface area (Å²) in [5.74, 6) is 2.09. The van der Waals surface area contributed by atoms with E-state index in [1.807, 2.05) is 12.1 Å². The van der Waals surface area contributed by atoms with Gasteiger partial charge in [-0.2, -0.15) is 0 Å². The topological polar surface area (TPSA) is 54.0 Å². The number of rotatable bonds is 6. The smallest absolute Gasteiger partial charge is 0.255 e. The Morgan fingerprint density at radius 3 is 3.05 bits per heavy atom. The van der Waals surface area contributed by atoms with Gasteiger partial charge in [0.2, 0.25) is 0 Å². The van der Waals surface area contributed by atoms with Crippen molar-refractivity contribution in [1.82, 2.24) is 10.3 Å². The van der Waals surface area contributed by atoms with E-state index in [1.165, 1.54) is 25.7 Å². The Labute approximate surface area is 127 Å². The molecule has 0 spiro atoms. The van der Waals surface area contributed by atoms with Crippen LogP contribution in [-0.4, -0.2) is 24.0 Å². The van der Waals surface area contributed by atoms with Gasteiger partial charge in [-0.3, -0.25) is 4.79 Å². The minimum atomic E-state index is -0.0140. The zero-order chi connectivity index (χ0) is 15.1. The highest BCUT2D eigenvalue weighted by molar-refractivity contribution is 5.98. The van der Waals surface area contributed by atoms with E-state index in [0.717, 1.165) is 25.4 Å². The van der Waals surface area contributed by atoms with E-state index in [0.29, 0.717) is 17.3 Å². The van der Waals surface area contributed by atoms with Crippen LogP contribution in [0.4, 0.5) is 5.82 Å². The molecular weight excluding hydrogens is 262 g/mol. The van der Waals surface area contributed by atoms with Gasteiger partial charge in [-0.15, -0.1) is 0 Å². The quantitative estimate of drug-likeness (QED) is 0.843. The minimum Gasteiger partial charge on any atom is -0.369 e. The molecule has 2 atom stereocenters. The Kier molecular flexibility index (Phi) is 6.03. The maximum absolute atomic E-state index is 12.4. The first-order valence-electron chi connectivity index (χ1n) is 8.17. The van der Waals surface area contributed by atoms with Crippen LogP contribution in [0.5, 0.6) is 0 Å². The van der Waals surface area contributed by atoms with Gasteiger partial charge in [-0.05, 0) is 43.2 Å². The summed E-state index contributed by atoms with van der Waals surface area (Å²) in [6.07, 6.45) is 7.82. The maximum Gasteiger partial charge on any atom is 0.255 e. The van der Waals surface area contributed by atoms with E-state index >= 15 is 0 Å². The second-order valence-corrected chi connectivity index (χ2v) is 6.17. The molecule has 0 aliphatic heterocycles. The lowest BCUT2D eigenvalue weighted by molar-refractivity contribution is 0.0941. The number of amides is 1. The number of hydrogen-bond donors (Lipinski definition) is 2. The van der Waals surface area contributed by atoms with Gasteiger partial charge < -0.3 is 10.6 Å². The first kappa shape index (κ1) is 15.8. The molecule has 21 heavy (non-hydrogen) atoms. The van der Waals surface area contributed by atoms with Crippen molar-refractivity contribution in [1.29, 1.82) is 0 Å². The third-order valence-corrected chi connectivity index (χ3v) is 4.19. The van der Waals surface area contributed by atoms with Gasteiger partial charge in [0, 0.05) is 19.3 Å². The number of nitrogens with zero attached hydrogens (tertiary/aromatic N) is 1. The van der Waals surface area contributed by atoms with Crippen molar-refractivity contribution in [3.8, 4) is 0 Å². The largest absolute Gasteiger partial charge is 0.369 e. The van der Waals surface area contributed by atoms with Crippen molar-refractivity contribution < 1.29 is 4.79 Å². The lowest BCUT2D eigenvalue weighted by atomic mass is 9.82. The molecule has 0 radical (unpaired) electrons. The SMILES string of the molecule is CCCNc1ncccc1C(=O)NCC1CCCC(C)C1. The third kappa shape index (κ3) is 4.73. The number of aromatic nitrogens is 1. The van der Waals surface area contributed by atoms with Gasteiger partial charge in [-0.25, -0.2) is 4.98 Å². The van der Waals surface area contributed by atoms with Crippen molar-refractivity contribution in [2.45, 2.75) is 46.0 Å². The molecule has 1 amide bonds. The summed E-state index contributed by atoms with van der Waals surface area (Å²) in [6, 6.07) is 3.65. The highest BCUT2D eigenvalue weighted by Crippen LogP contribution is 2.28. The van der Waals surface area contributed by atoms with Crippen LogP contribution < -0.4 is 10.6 Å². The Morgan fingerprint density at radius 1 is 1.43 bits per heavy atom. The van der Waals surface area contributed by atoms with Crippen LogP contribution in [0.15, 0.2) is 18.3 Å². The third-order valence-electron chi connectivity index (χ3n) is 4.19. The van der Waals surface area contributed by atoms with Gasteiger partial charge in [0.25, 0.3) is 5.91 Å². The zero-order valence-corrected chi connectivity index (χ0v) is 13.2. The molecule has 0 bridgehead atoms. The lowest BCUT2D eigenvalue weighted by Gasteiger charge is -2.26. The van der Waals surface area contributed by atoms with E-state index < -0.39 is 0 Å². The summed E-state index contributed by atoms with van der Waals surface area (Å²) < 4.78 is 0. The van der Waals surface area contributed by atoms with Crippen molar-refractivity contribution in [3.63, 3.8) is 0 Å². The Balaban J connectivity index is 1.90. The summed E-state index contributed by atoms with van der Waals surface area (Å²) in [6.45, 7) is 6.02. The monoisotopic (exact) mass is 289 g/mol. The van der Waals surface area contributed by atoms with Crippen LogP contribution >= 0.6 is 0 Å². The fraction of sp³-hybridized carbons (Fsp3) is 0.647. The lowest BCUT2D eigenvalue weighted by Crippen LogP contribution is -2.32. The molecule has 1 aliphatic carbocycles. The highest BCUT2D eigenvalue weighted by Gasteiger charge is 2.20. The number of anilines is 1. The highest BCUT2D eigenvalue weighted by atomic mass is 16.1. The molecule has 1 fully saturated rings. The average Bonchev–Trinajstić information content (AvgIpc) is 2.51. The molecule has 1 heterocycles. The van der Waals surface area contributed by atoms with Crippen LogP contribution in [0, 0.1) is 11.8 Å². The molecule has 0 saturated heterocycles. The summed E-state index contributed by atoms with van der Waals surface area (Å²) in [5.41, 5.74) is 0.648. The average molecular weight is 289 g/mol. The van der Waals surface area contributed by atoms with Crippen LogP contribution in [0.3, 0.4) is 0 Å². The molecular formula is C17H27N3O. The Morgan fingerprint density at radius 2 is 2.29 bits per heavy atom. The molecule has 4 heteroatoms. The van der Waals surface area contributed by atoms with Crippen LogP contribution in [0.25, 0.3) is 0 Å². The van der Waals surface area contributed by atoms with Crippen LogP contribution in [-0.2, 0) is 0 Å². The van der Waals surface area contributed by atoms with E-state index in [9.17, 15) is 4.79 Å². The summed E-state index contributed by atoms with van der Waals surface area (Å²) in [5, 5.41) is 6.30. The van der Waals surface area contributed by atoms with Gasteiger partial charge in [0.05, 0.1) is 5.56 Å². The Bertz CT molecular complexity index is 461. The predicted molar refractivity (Wildman–Crippen MR) is 86.5 cm³/mol. The fourth-order valence-corrected chi connectivity index (χ4v) is 3.05. The van der Waals surface area contributed by atoms with E-state index in [-0.39, 0.29) is 5.91 Å². The number of hydrogen-bond acceptors (Lipinski definition) is 3. The molecule has 116 valence electrons. The zero-order valence-electron chi connectivity index (χ0n) is 13.2. The molecule has 1 aliphatic rings. The normalized spacial score (nSPS) is 21.8. The maximum atomic E-state index is 12.4. The van der Waals surface area contributed by atoms with Gasteiger partial charge >= 0.3 is 0 Å². The molecule has 1 aromatic rings. The molecule has 2 unspecified atom stereocenters. The summed E-state index contributed by atoms with van der Waals surface area (Å²) in [4.78, 5) is 16.6. The second-order valence-electron chi connectivity index (χ2n) is 6.17. The van der Waals surface area contributed by atoms with Crippen molar-refractivity contribution in [2.75, 3.05) is 18.4 Å². The minimum absolute atomic E-state index is 0.0140. The molecule has 1 aromatic heterocycles. The van der Waals surface area contributed by atoms with Crippen LogP contribution in [0.1, 0.15) is 56.3 Å². The number of nitrogens with one attached hydrogen (secondary N) is 2. The first-order chi connectivity index (χ1) is 10.2. The molecule has 4 nitrogen and oxygen atoms in total. The Hall–Kier alpha value is -1.58. The van der Waals surface area contributed by atoms with Crippen molar-refractivity contribution in [2.24, 2.45) is 11.8 Å². The van der Waals surface area contributed by atoms with Crippen molar-refractivity contribution in [3.05, 3.63) is 23.9 Å². The predicted octanol–water partition coefficient (Wildman–Crippen LogP) is 3.46. The summed E-state index contributed by atoms with van der Waals surface area (Å²) >= 11 is 0. The van der Waals surface area contributed by atoms with Crippen molar-refractivity contribution >= 4 is 11.7 Å². The second kappa shape index (κ2) is 8.01. The molecule has 2 rings (SSSR count). The van der Waals surface area contributed by atoms with E-state index in [4.69, 9.17) is 0 Å². The molecule has 0 aromatic carbocycles. The van der Waals surface area contributed by atoms with E-state index in [2.05, 4.69) is 29.5 Å². The number of pyridine rings is 1. The number of carbonyl (C=O) groups excluding carboxylic acids is 1. The molecule has 2 N–H and O–H groups in total. The molecule has 1 saturated carbocycles. The fourth-order valence-electron chi connectivity index (χ4n) is 3.05. The van der Waals surface area contributed by atoms with Gasteiger partial charge in [0.15, 0.2) is 0 Å². The van der Waals surface area contributed by atoms with E-state index in [1.54, 1.807) is 6.20 Å². The summed E-state index contributed by atoms with van der Waals surface area (Å²) in [7, 11) is 0. The first-order valence-corrected chi connectivity index (χ1v) is 8.17. The van der Waals surface area contributed by atoms with Crippen LogP contribution in [0.2, 0.25) is 0 Å². The number of carbonyl (C=O) groups is 1.